The van der Waals surface area contributed by atoms with E-state index in [0.717, 1.165) is 42.8 Å². The summed E-state index contributed by atoms with van der Waals surface area (Å²) in [7, 11) is 1.37. The van der Waals surface area contributed by atoms with Crippen LogP contribution in [0.1, 0.15) is 47.5 Å². The summed E-state index contributed by atoms with van der Waals surface area (Å²) in [4.78, 5) is 25.5. The highest BCUT2D eigenvalue weighted by Gasteiger charge is 2.27. The highest BCUT2D eigenvalue weighted by atomic mass is 32.1. The lowest BCUT2D eigenvalue weighted by atomic mass is 10.0. The van der Waals surface area contributed by atoms with Gasteiger partial charge in [0.2, 0.25) is 5.91 Å². The summed E-state index contributed by atoms with van der Waals surface area (Å²) in [5.41, 5.74) is 1.56. The number of anilines is 1. The maximum atomic E-state index is 12.3. The van der Waals surface area contributed by atoms with Gasteiger partial charge in [0.25, 0.3) is 0 Å². The second kappa shape index (κ2) is 7.04. The second-order valence-electron chi connectivity index (χ2n) is 5.13. The summed E-state index contributed by atoms with van der Waals surface area (Å²) in [6.45, 7) is 5.58. The molecule has 0 radical (unpaired) electrons. The minimum absolute atomic E-state index is 0.0169. The first-order chi connectivity index (χ1) is 10.1. The average molecular weight is 310 g/mol. The molecular formula is C15H22N2O3S. The van der Waals surface area contributed by atoms with Crippen molar-refractivity contribution in [2.45, 2.75) is 39.7 Å². The number of carbonyl (C=O) groups is 2. The molecule has 116 valence electrons. The third-order valence-corrected chi connectivity index (χ3v) is 5.06. The zero-order valence-electron chi connectivity index (χ0n) is 12.7. The fraction of sp³-hybridized carbons (Fsp3) is 0.600. The van der Waals surface area contributed by atoms with Gasteiger partial charge < -0.3 is 15.4 Å². The van der Waals surface area contributed by atoms with Crippen LogP contribution < -0.4 is 10.6 Å². The zero-order chi connectivity index (χ0) is 15.4. The van der Waals surface area contributed by atoms with Crippen LogP contribution in [-0.2, 0) is 22.5 Å². The molecule has 0 aliphatic carbocycles. The van der Waals surface area contributed by atoms with E-state index < -0.39 is 0 Å². The summed E-state index contributed by atoms with van der Waals surface area (Å²) in [5, 5.41) is 6.85. The van der Waals surface area contributed by atoms with Crippen molar-refractivity contribution in [2.75, 3.05) is 19.0 Å². The van der Waals surface area contributed by atoms with Gasteiger partial charge >= 0.3 is 5.97 Å². The Morgan fingerprint density at radius 2 is 2.10 bits per heavy atom. The van der Waals surface area contributed by atoms with Crippen molar-refractivity contribution in [3.8, 4) is 0 Å². The number of hydrogen-bond donors (Lipinski definition) is 2. The molecule has 6 heteroatoms. The van der Waals surface area contributed by atoms with E-state index in [-0.39, 0.29) is 17.8 Å². The molecule has 0 spiro atoms. The molecule has 2 heterocycles. The normalized spacial score (nSPS) is 13.9. The van der Waals surface area contributed by atoms with Gasteiger partial charge in [0, 0.05) is 17.3 Å². The first-order valence-corrected chi connectivity index (χ1v) is 8.18. The molecule has 0 saturated heterocycles. The lowest BCUT2D eigenvalue weighted by molar-refractivity contribution is -0.120. The molecule has 0 bridgehead atoms. The van der Waals surface area contributed by atoms with Crippen LogP contribution in [0.5, 0.6) is 0 Å². The summed E-state index contributed by atoms with van der Waals surface area (Å²) in [5.74, 6) is -0.404. The predicted molar refractivity (Wildman–Crippen MR) is 83.8 cm³/mol. The highest BCUT2D eigenvalue weighted by molar-refractivity contribution is 7.17. The van der Waals surface area contributed by atoms with Gasteiger partial charge in [-0.05, 0) is 31.4 Å². The Hall–Kier alpha value is -1.40. The van der Waals surface area contributed by atoms with Crippen LogP contribution >= 0.6 is 11.3 Å². The van der Waals surface area contributed by atoms with Gasteiger partial charge in [-0.1, -0.05) is 13.8 Å². The third kappa shape index (κ3) is 3.27. The van der Waals surface area contributed by atoms with Crippen LogP contribution in [-0.4, -0.2) is 25.5 Å². The Morgan fingerprint density at radius 3 is 2.71 bits per heavy atom. The quantitative estimate of drug-likeness (QED) is 0.820. The van der Waals surface area contributed by atoms with Gasteiger partial charge in [-0.3, -0.25) is 4.79 Å². The number of esters is 1. The summed E-state index contributed by atoms with van der Waals surface area (Å²) in [6, 6.07) is 0. The van der Waals surface area contributed by atoms with Crippen LogP contribution in [0.4, 0.5) is 5.00 Å². The number of rotatable bonds is 5. The molecule has 0 atom stereocenters. The molecule has 0 unspecified atom stereocenters. The second-order valence-corrected chi connectivity index (χ2v) is 6.23. The predicted octanol–water partition coefficient (Wildman–Crippen LogP) is 2.56. The number of amides is 1. The zero-order valence-corrected chi connectivity index (χ0v) is 13.6. The standard InChI is InChI=1S/C15H22N2O3S/c1-4-9(5-2)13(18)17-14-12(15(19)20-3)10-6-7-16-8-11(10)21-14/h9,16H,4-8H2,1-3H3,(H,17,18). The van der Waals surface area contributed by atoms with Gasteiger partial charge in [-0.2, -0.15) is 0 Å². The molecule has 2 N–H and O–H groups in total. The summed E-state index contributed by atoms with van der Waals surface area (Å²) in [6.07, 6.45) is 2.38. The van der Waals surface area contributed by atoms with E-state index in [9.17, 15) is 9.59 Å². The number of fused-ring (bicyclic) bond motifs is 1. The Kier molecular flexibility index (Phi) is 5.36. The molecule has 1 aromatic heterocycles. The van der Waals surface area contributed by atoms with Gasteiger partial charge in [0.05, 0.1) is 12.7 Å². The number of nitrogens with one attached hydrogen (secondary N) is 2. The van der Waals surface area contributed by atoms with E-state index in [4.69, 9.17) is 4.74 Å². The first-order valence-electron chi connectivity index (χ1n) is 7.36. The molecule has 1 aliphatic heterocycles. The lowest BCUT2D eigenvalue weighted by Crippen LogP contribution is -2.24. The molecule has 5 nitrogen and oxygen atoms in total. The van der Waals surface area contributed by atoms with Crippen molar-refractivity contribution in [3.05, 3.63) is 16.0 Å². The fourth-order valence-electron chi connectivity index (χ4n) is 2.61. The third-order valence-electron chi connectivity index (χ3n) is 3.91. The molecule has 1 amide bonds. The van der Waals surface area contributed by atoms with Gasteiger partial charge in [-0.25, -0.2) is 4.79 Å². The van der Waals surface area contributed by atoms with Gasteiger partial charge in [-0.15, -0.1) is 11.3 Å². The minimum atomic E-state index is -0.366. The maximum Gasteiger partial charge on any atom is 0.341 e. The summed E-state index contributed by atoms with van der Waals surface area (Å²) < 4.78 is 4.89. The van der Waals surface area contributed by atoms with Crippen molar-refractivity contribution >= 4 is 28.2 Å². The van der Waals surface area contributed by atoms with Crippen LogP contribution in [0.3, 0.4) is 0 Å². The Labute approximate surface area is 129 Å². The van der Waals surface area contributed by atoms with Crippen LogP contribution in [0.15, 0.2) is 0 Å². The van der Waals surface area contributed by atoms with Crippen molar-refractivity contribution in [3.63, 3.8) is 0 Å². The van der Waals surface area contributed by atoms with Crippen molar-refractivity contribution in [1.29, 1.82) is 0 Å². The number of thiophene rings is 1. The Balaban J connectivity index is 2.32. The van der Waals surface area contributed by atoms with Crippen molar-refractivity contribution < 1.29 is 14.3 Å². The molecule has 0 fully saturated rings. The van der Waals surface area contributed by atoms with E-state index in [1.54, 1.807) is 0 Å². The largest absolute Gasteiger partial charge is 0.465 e. The SMILES string of the molecule is CCC(CC)C(=O)Nc1sc2c(c1C(=O)OC)CCNC2. The lowest BCUT2D eigenvalue weighted by Gasteiger charge is -2.14. The molecule has 2 rings (SSSR count). The van der Waals surface area contributed by atoms with E-state index in [1.807, 2.05) is 13.8 Å². The molecule has 21 heavy (non-hydrogen) atoms. The van der Waals surface area contributed by atoms with Crippen LogP contribution in [0.2, 0.25) is 0 Å². The maximum absolute atomic E-state index is 12.3. The topological polar surface area (TPSA) is 67.4 Å². The van der Waals surface area contributed by atoms with E-state index in [0.29, 0.717) is 10.6 Å². The van der Waals surface area contributed by atoms with E-state index >= 15 is 0 Å². The van der Waals surface area contributed by atoms with Crippen molar-refractivity contribution in [2.24, 2.45) is 5.92 Å². The molecule has 0 aromatic carbocycles. The average Bonchev–Trinajstić information content (AvgIpc) is 2.85. The Bertz CT molecular complexity index is 535. The fourth-order valence-corrected chi connectivity index (χ4v) is 3.82. The molecule has 1 aliphatic rings. The first kappa shape index (κ1) is 16.0. The smallest absolute Gasteiger partial charge is 0.341 e. The van der Waals surface area contributed by atoms with Gasteiger partial charge in [0.15, 0.2) is 0 Å². The highest BCUT2D eigenvalue weighted by Crippen LogP contribution is 2.36. The molecule has 0 saturated carbocycles. The van der Waals surface area contributed by atoms with E-state index in [2.05, 4.69) is 10.6 Å². The molecule has 1 aromatic rings. The Morgan fingerprint density at radius 1 is 1.38 bits per heavy atom. The number of methoxy groups -OCH3 is 1. The van der Waals surface area contributed by atoms with Gasteiger partial charge in [0.1, 0.15) is 5.00 Å². The minimum Gasteiger partial charge on any atom is -0.465 e. The number of ether oxygens (including phenoxy) is 1. The monoisotopic (exact) mass is 310 g/mol. The van der Waals surface area contributed by atoms with Crippen LogP contribution in [0, 0.1) is 5.92 Å². The number of hydrogen-bond acceptors (Lipinski definition) is 5. The van der Waals surface area contributed by atoms with Crippen molar-refractivity contribution in [1.82, 2.24) is 5.32 Å². The van der Waals surface area contributed by atoms with E-state index in [1.165, 1.54) is 18.4 Å². The van der Waals surface area contributed by atoms with Crippen LogP contribution in [0.25, 0.3) is 0 Å². The summed E-state index contributed by atoms with van der Waals surface area (Å²) >= 11 is 1.48. The number of carbonyl (C=O) groups excluding carboxylic acids is 2. The molecular weight excluding hydrogens is 288 g/mol.